The Hall–Kier alpha value is -5.38. The Balaban J connectivity index is 0.872. The fourth-order valence-corrected chi connectivity index (χ4v) is 8.66. The van der Waals surface area contributed by atoms with Crippen LogP contribution in [0.25, 0.3) is 21.9 Å². The fraction of sp³-hybridized carbons (Fsp3) is 0.436. The van der Waals surface area contributed by atoms with Gasteiger partial charge in [-0.05, 0) is 92.9 Å². The lowest BCUT2D eigenvalue weighted by atomic mass is 9.83. The number of aromatic nitrogens is 5. The number of nitrogens with zero attached hydrogens (tertiary/aromatic N) is 6. The molecular formula is C39H40F4N8O4. The van der Waals surface area contributed by atoms with Gasteiger partial charge in [-0.25, -0.2) is 14.2 Å². The molecule has 5 aromatic rings. The third-order valence-corrected chi connectivity index (χ3v) is 11.4. The number of benzene rings is 2. The molecule has 8 rings (SSSR count). The molecular weight excluding hydrogens is 720 g/mol. The van der Waals surface area contributed by atoms with Gasteiger partial charge in [-0.15, -0.1) is 0 Å². The van der Waals surface area contributed by atoms with E-state index in [9.17, 15) is 32.3 Å². The van der Waals surface area contributed by atoms with Crippen molar-refractivity contribution in [2.45, 2.75) is 75.3 Å². The van der Waals surface area contributed by atoms with Gasteiger partial charge >= 0.3 is 11.9 Å². The summed E-state index contributed by atoms with van der Waals surface area (Å²) < 4.78 is 60.2. The average Bonchev–Trinajstić information content (AvgIpc) is 3.69. The van der Waals surface area contributed by atoms with Gasteiger partial charge in [0.2, 0.25) is 11.8 Å². The fourth-order valence-electron chi connectivity index (χ4n) is 8.66. The lowest BCUT2D eigenvalue weighted by molar-refractivity contribution is -0.141. The zero-order valence-electron chi connectivity index (χ0n) is 30.1. The summed E-state index contributed by atoms with van der Waals surface area (Å²) in [5.74, 6) is -1.60. The molecule has 3 aliphatic rings. The Morgan fingerprint density at radius 1 is 0.982 bits per heavy atom. The quantitative estimate of drug-likeness (QED) is 0.156. The Labute approximate surface area is 312 Å². The van der Waals surface area contributed by atoms with Gasteiger partial charge in [0.25, 0.3) is 5.91 Å². The molecule has 1 aliphatic carbocycles. The van der Waals surface area contributed by atoms with E-state index in [-0.39, 0.29) is 42.7 Å². The van der Waals surface area contributed by atoms with E-state index < -0.39 is 41.8 Å². The Morgan fingerprint density at radius 2 is 1.76 bits per heavy atom. The SMILES string of the molecule is Cn1c(=O)n(C2CCC(=O)NC2=O)c2cccc(C3CCN(C[C@H]4CC[C@H](n5cc6cc(NC(=O)c7cccc(C(F)(F)F)n7)ccc6n5)CC4)CC3F)c21. The van der Waals surface area contributed by atoms with Crippen molar-refractivity contribution in [3.05, 3.63) is 88.2 Å². The number of imide groups is 1. The summed E-state index contributed by atoms with van der Waals surface area (Å²) in [4.78, 5) is 56.2. The number of hydrogen-bond donors (Lipinski definition) is 2. The van der Waals surface area contributed by atoms with E-state index in [2.05, 4.69) is 20.5 Å². The van der Waals surface area contributed by atoms with E-state index in [1.165, 1.54) is 15.2 Å². The number of fused-ring (bicyclic) bond motifs is 2. The van der Waals surface area contributed by atoms with Gasteiger partial charge in [0.15, 0.2) is 0 Å². The van der Waals surface area contributed by atoms with E-state index in [4.69, 9.17) is 5.10 Å². The molecule has 2 aromatic carbocycles. The molecule has 2 N–H and O–H groups in total. The molecule has 3 atom stereocenters. The maximum atomic E-state index is 16.1. The average molecular weight is 761 g/mol. The van der Waals surface area contributed by atoms with Crippen LogP contribution in [-0.4, -0.2) is 72.3 Å². The maximum Gasteiger partial charge on any atom is 0.433 e. The van der Waals surface area contributed by atoms with E-state index in [1.54, 1.807) is 37.4 Å². The van der Waals surface area contributed by atoms with Gasteiger partial charge in [0, 0.05) is 49.7 Å². The molecule has 3 aromatic heterocycles. The van der Waals surface area contributed by atoms with Crippen molar-refractivity contribution in [3.63, 3.8) is 0 Å². The van der Waals surface area contributed by atoms with Gasteiger partial charge in [0.05, 0.1) is 22.6 Å². The molecule has 0 bridgehead atoms. The monoisotopic (exact) mass is 760 g/mol. The highest BCUT2D eigenvalue weighted by atomic mass is 19.4. The van der Waals surface area contributed by atoms with Crippen LogP contribution in [-0.2, 0) is 22.8 Å². The van der Waals surface area contributed by atoms with E-state index in [1.807, 2.05) is 16.9 Å². The Kier molecular flexibility index (Phi) is 9.55. The standard InChI is InChI=1S/C39H40F4N8O4/c1-48-35-27(4-2-6-31(35)51(38(48)55)32-14-15-34(52)46-37(32)54)26-16-17-49(21-28(26)40)19-22-8-11-25(12-9-22)50-20-23-18-24(10-13-29(23)47-50)44-36(53)30-5-3-7-33(45-30)39(41,42)43/h2-7,10,13,18,20,22,25-26,28,32H,8-9,11-12,14-17,19,21H2,1H3,(H,44,53)(H,46,52,54)/t22-,25-,26?,28?,32?. The molecule has 16 heteroatoms. The van der Waals surface area contributed by atoms with Crippen molar-refractivity contribution >= 4 is 45.3 Å². The van der Waals surface area contributed by atoms with Crippen LogP contribution in [0.5, 0.6) is 0 Å². The number of hydrogen-bond acceptors (Lipinski definition) is 7. The van der Waals surface area contributed by atoms with Crippen molar-refractivity contribution in [1.29, 1.82) is 0 Å². The van der Waals surface area contributed by atoms with E-state index >= 15 is 4.39 Å². The summed E-state index contributed by atoms with van der Waals surface area (Å²) in [6.45, 7) is 1.80. The maximum absolute atomic E-state index is 16.1. The summed E-state index contributed by atoms with van der Waals surface area (Å²) in [5.41, 5.74) is 1.25. The molecule has 55 heavy (non-hydrogen) atoms. The number of piperidine rings is 2. The molecule has 3 fully saturated rings. The number of amides is 3. The number of carbonyl (C=O) groups is 3. The zero-order valence-corrected chi connectivity index (χ0v) is 30.1. The van der Waals surface area contributed by atoms with E-state index in [0.717, 1.165) is 67.4 Å². The summed E-state index contributed by atoms with van der Waals surface area (Å²) in [6.07, 6.45) is 0.810. The van der Waals surface area contributed by atoms with Crippen LogP contribution in [0, 0.1) is 5.92 Å². The second-order valence-corrected chi connectivity index (χ2v) is 15.0. The smallest absolute Gasteiger partial charge is 0.321 e. The van der Waals surface area contributed by atoms with Crippen molar-refractivity contribution < 1.29 is 31.9 Å². The lowest BCUT2D eigenvalue weighted by Gasteiger charge is -2.38. The second kappa shape index (κ2) is 14.4. The molecule has 288 valence electrons. The highest BCUT2D eigenvalue weighted by Crippen LogP contribution is 2.38. The normalized spacial score (nSPS) is 24.0. The van der Waals surface area contributed by atoms with Gasteiger partial charge in [0.1, 0.15) is 23.6 Å². The molecule has 0 radical (unpaired) electrons. The number of aryl methyl sites for hydroxylation is 1. The number of nitrogens with one attached hydrogen (secondary N) is 2. The third kappa shape index (κ3) is 7.14. The van der Waals surface area contributed by atoms with Crippen LogP contribution in [0.4, 0.5) is 23.2 Å². The molecule has 0 spiro atoms. The van der Waals surface area contributed by atoms with Crippen LogP contribution in [0.1, 0.15) is 84.7 Å². The summed E-state index contributed by atoms with van der Waals surface area (Å²) in [7, 11) is 1.64. The number of carbonyl (C=O) groups excluding carboxylic acids is 3. The molecule has 3 unspecified atom stereocenters. The van der Waals surface area contributed by atoms with Crippen LogP contribution in [0.15, 0.2) is 65.6 Å². The first-order valence-electron chi connectivity index (χ1n) is 18.6. The topological polar surface area (TPSA) is 136 Å². The van der Waals surface area contributed by atoms with Gasteiger partial charge < -0.3 is 10.2 Å². The minimum absolute atomic E-state index is 0.146. The van der Waals surface area contributed by atoms with E-state index in [0.29, 0.717) is 29.1 Å². The first-order chi connectivity index (χ1) is 26.3. The third-order valence-electron chi connectivity index (χ3n) is 11.4. The number of anilines is 1. The van der Waals surface area contributed by atoms with Crippen LogP contribution in [0.3, 0.4) is 0 Å². The first kappa shape index (κ1) is 36.6. The number of alkyl halides is 4. The van der Waals surface area contributed by atoms with Crippen LogP contribution < -0.4 is 16.3 Å². The molecule has 12 nitrogen and oxygen atoms in total. The number of imidazole rings is 1. The number of rotatable bonds is 7. The number of likely N-dealkylation sites (tertiary alicyclic amines) is 1. The lowest BCUT2D eigenvalue weighted by Crippen LogP contribution is -2.44. The first-order valence-corrected chi connectivity index (χ1v) is 18.6. The molecule has 3 amide bonds. The minimum Gasteiger partial charge on any atom is -0.321 e. The molecule has 5 heterocycles. The summed E-state index contributed by atoms with van der Waals surface area (Å²) >= 11 is 0. The molecule has 1 saturated carbocycles. The summed E-state index contributed by atoms with van der Waals surface area (Å²) in [5, 5.41) is 10.5. The predicted molar refractivity (Wildman–Crippen MR) is 195 cm³/mol. The van der Waals surface area contributed by atoms with Crippen molar-refractivity contribution in [3.8, 4) is 0 Å². The number of para-hydroxylation sites is 1. The Bertz CT molecular complexity index is 2360. The number of halogens is 4. The predicted octanol–water partition coefficient (Wildman–Crippen LogP) is 5.89. The van der Waals surface area contributed by atoms with Gasteiger partial charge in [-0.3, -0.25) is 33.5 Å². The zero-order chi connectivity index (χ0) is 38.6. The Morgan fingerprint density at radius 3 is 2.51 bits per heavy atom. The largest absolute Gasteiger partial charge is 0.433 e. The second-order valence-electron chi connectivity index (χ2n) is 15.0. The number of pyridine rings is 1. The molecule has 2 saturated heterocycles. The highest BCUT2D eigenvalue weighted by molar-refractivity contribution is 6.04. The van der Waals surface area contributed by atoms with Crippen molar-refractivity contribution in [1.82, 2.24) is 34.1 Å². The van der Waals surface area contributed by atoms with Crippen molar-refractivity contribution in [2.24, 2.45) is 13.0 Å². The molecule has 2 aliphatic heterocycles. The minimum atomic E-state index is -4.66. The highest BCUT2D eigenvalue weighted by Gasteiger charge is 2.37. The van der Waals surface area contributed by atoms with Gasteiger partial charge in [-0.2, -0.15) is 18.3 Å². The summed E-state index contributed by atoms with van der Waals surface area (Å²) in [6, 6.07) is 13.2. The van der Waals surface area contributed by atoms with Gasteiger partial charge in [-0.1, -0.05) is 18.2 Å². The van der Waals surface area contributed by atoms with Crippen LogP contribution >= 0.6 is 0 Å². The van der Waals surface area contributed by atoms with Crippen molar-refractivity contribution in [2.75, 3.05) is 25.0 Å². The van der Waals surface area contributed by atoms with Crippen LogP contribution in [0.2, 0.25) is 0 Å².